The summed E-state index contributed by atoms with van der Waals surface area (Å²) in [6.07, 6.45) is -1.98. The van der Waals surface area contributed by atoms with Gasteiger partial charge in [-0.3, -0.25) is 18.3 Å². The fourth-order valence-electron chi connectivity index (χ4n) is 2.47. The van der Waals surface area contributed by atoms with Gasteiger partial charge in [-0.1, -0.05) is 18.3 Å². The Hall–Kier alpha value is -2.39. The number of fused-ring (bicyclic) bond motifs is 1. The molecule has 162 valence electrons. The van der Waals surface area contributed by atoms with E-state index >= 15 is 0 Å². The van der Waals surface area contributed by atoms with Crippen LogP contribution >= 0.6 is 11.3 Å². The zero-order valence-electron chi connectivity index (χ0n) is 15.7. The minimum absolute atomic E-state index is 0.0553. The van der Waals surface area contributed by atoms with Gasteiger partial charge in [-0.2, -0.15) is 13.2 Å². The van der Waals surface area contributed by atoms with Gasteiger partial charge in [-0.05, 0) is 12.1 Å². The first-order chi connectivity index (χ1) is 13.9. The van der Waals surface area contributed by atoms with Crippen molar-refractivity contribution in [3.8, 4) is 0 Å². The van der Waals surface area contributed by atoms with Crippen LogP contribution in [-0.2, 0) is 26.8 Å². The van der Waals surface area contributed by atoms with Gasteiger partial charge in [0.2, 0.25) is 10.1 Å². The molecule has 0 fully saturated rings. The summed E-state index contributed by atoms with van der Waals surface area (Å²) < 4.78 is 76.5. The molecule has 0 aliphatic rings. The van der Waals surface area contributed by atoms with Crippen LogP contribution in [0.15, 0.2) is 28.3 Å². The van der Waals surface area contributed by atoms with E-state index in [-0.39, 0.29) is 27.9 Å². The number of nitrogens with zero attached hydrogens (tertiary/aromatic N) is 5. The number of hydrogen-bond donors (Lipinski definition) is 0. The van der Waals surface area contributed by atoms with E-state index in [0.29, 0.717) is 4.90 Å². The molecule has 0 aromatic carbocycles. The number of carbonyl (C=O) groups is 1. The number of hydrogen-bond acceptors (Lipinski definition) is 8. The van der Waals surface area contributed by atoms with Gasteiger partial charge in [-0.15, -0.1) is 10.2 Å². The molecule has 3 aromatic rings. The van der Waals surface area contributed by atoms with Crippen LogP contribution in [0, 0.1) is 0 Å². The molecule has 3 heterocycles. The van der Waals surface area contributed by atoms with Crippen LogP contribution in [0.25, 0.3) is 5.65 Å². The minimum Gasteiger partial charge on any atom is -0.290 e. The van der Waals surface area contributed by atoms with Gasteiger partial charge in [0, 0.05) is 35.2 Å². The summed E-state index contributed by atoms with van der Waals surface area (Å²) in [4.78, 5) is 18.1. The van der Waals surface area contributed by atoms with Crippen molar-refractivity contribution in [2.45, 2.75) is 23.0 Å². The van der Waals surface area contributed by atoms with Crippen molar-refractivity contribution >= 4 is 48.7 Å². The van der Waals surface area contributed by atoms with Crippen molar-refractivity contribution in [3.05, 3.63) is 29.0 Å². The number of aromatic nitrogens is 4. The fourth-order valence-corrected chi connectivity index (χ4v) is 4.82. The number of carbonyl (C=O) groups excluding carboxylic acids is 1. The van der Waals surface area contributed by atoms with E-state index < -0.39 is 48.4 Å². The molecule has 0 N–H and O–H groups in total. The maximum Gasteiger partial charge on any atom is 0.445 e. The molecule has 3 rings (SSSR count). The lowest BCUT2D eigenvalue weighted by Gasteiger charge is -2.12. The number of pyridine rings is 1. The van der Waals surface area contributed by atoms with E-state index in [4.69, 9.17) is 0 Å². The summed E-state index contributed by atoms with van der Waals surface area (Å²) in [6.45, 7) is 1.38. The van der Waals surface area contributed by atoms with E-state index in [0.717, 1.165) is 16.3 Å². The molecule has 0 aliphatic heterocycles. The molecule has 30 heavy (non-hydrogen) atoms. The molecule has 0 aliphatic carbocycles. The normalized spacial score (nSPS) is 13.5. The predicted molar refractivity (Wildman–Crippen MR) is 103 cm³/mol. The smallest absolute Gasteiger partial charge is 0.290 e. The van der Waals surface area contributed by atoms with Crippen molar-refractivity contribution in [3.63, 3.8) is 0 Å². The van der Waals surface area contributed by atoms with Gasteiger partial charge in [-0.25, -0.2) is 13.4 Å². The number of halogens is 3. The van der Waals surface area contributed by atoms with Crippen molar-refractivity contribution in [1.29, 1.82) is 0 Å². The molecule has 0 bridgehead atoms. The summed E-state index contributed by atoms with van der Waals surface area (Å²) in [7, 11) is -4.20. The van der Waals surface area contributed by atoms with Gasteiger partial charge in [0.15, 0.2) is 20.6 Å². The third-order valence-electron chi connectivity index (χ3n) is 4.01. The summed E-state index contributed by atoms with van der Waals surface area (Å²) in [5.74, 6) is -1.32. The summed E-state index contributed by atoms with van der Waals surface area (Å²) in [6, 6.07) is 2.80. The van der Waals surface area contributed by atoms with Crippen LogP contribution in [0.5, 0.6) is 0 Å². The lowest BCUT2D eigenvalue weighted by Crippen LogP contribution is -2.28. The summed E-state index contributed by atoms with van der Waals surface area (Å²) in [5.41, 5.74) is -0.429. The van der Waals surface area contributed by atoms with E-state index in [1.165, 1.54) is 31.5 Å². The molecule has 3 aromatic heterocycles. The zero-order valence-corrected chi connectivity index (χ0v) is 18.1. The molecule has 1 unspecified atom stereocenters. The molecule has 15 heteroatoms. The molecule has 0 saturated carbocycles. The quantitative estimate of drug-likeness (QED) is 0.548. The lowest BCUT2D eigenvalue weighted by molar-refractivity contribution is -0.138. The van der Waals surface area contributed by atoms with Crippen molar-refractivity contribution in [2.24, 2.45) is 0 Å². The highest BCUT2D eigenvalue weighted by Gasteiger charge is 2.37. The van der Waals surface area contributed by atoms with Gasteiger partial charge in [0.05, 0.1) is 5.75 Å². The van der Waals surface area contributed by atoms with Gasteiger partial charge in [0.25, 0.3) is 5.91 Å². The van der Waals surface area contributed by atoms with Crippen LogP contribution in [0.3, 0.4) is 0 Å². The second-order valence-electron chi connectivity index (χ2n) is 5.97. The van der Waals surface area contributed by atoms with Crippen LogP contribution in [0.4, 0.5) is 18.3 Å². The average molecular weight is 482 g/mol. The van der Waals surface area contributed by atoms with Gasteiger partial charge in [0.1, 0.15) is 5.65 Å². The Morgan fingerprint density at radius 3 is 2.53 bits per heavy atom. The Balaban J connectivity index is 2.16. The summed E-state index contributed by atoms with van der Waals surface area (Å²) >= 11 is 0.137. The van der Waals surface area contributed by atoms with Crippen LogP contribution < -0.4 is 4.90 Å². The van der Waals surface area contributed by atoms with Crippen molar-refractivity contribution < 1.29 is 30.6 Å². The van der Waals surface area contributed by atoms with Crippen molar-refractivity contribution in [2.75, 3.05) is 24.0 Å². The Labute approximate surface area is 174 Å². The molecule has 0 spiro atoms. The molecular formula is C15H14F3N5O4S3. The molecule has 0 saturated heterocycles. The Morgan fingerprint density at radius 2 is 2.00 bits per heavy atom. The molecule has 1 atom stereocenters. The fraction of sp³-hybridized carbons (Fsp3) is 0.333. The van der Waals surface area contributed by atoms with Crippen LogP contribution in [-0.4, -0.2) is 57.2 Å². The number of amides is 1. The molecular weight excluding hydrogens is 467 g/mol. The van der Waals surface area contributed by atoms with E-state index in [1.807, 2.05) is 0 Å². The van der Waals surface area contributed by atoms with E-state index in [1.54, 1.807) is 0 Å². The lowest BCUT2D eigenvalue weighted by atomic mass is 10.4. The molecule has 0 radical (unpaired) electrons. The third-order valence-corrected chi connectivity index (χ3v) is 7.71. The number of imidazole rings is 1. The molecule has 9 nitrogen and oxygen atoms in total. The first kappa shape index (κ1) is 22.3. The Bertz CT molecular complexity index is 1270. The second kappa shape index (κ2) is 7.70. The van der Waals surface area contributed by atoms with E-state index in [2.05, 4.69) is 15.2 Å². The number of rotatable bonds is 5. The highest BCUT2D eigenvalue weighted by molar-refractivity contribution is 7.91. The van der Waals surface area contributed by atoms with Crippen LogP contribution in [0.1, 0.15) is 22.4 Å². The first-order valence-electron chi connectivity index (χ1n) is 8.14. The average Bonchev–Trinajstić information content (AvgIpc) is 3.31. The maximum absolute atomic E-state index is 13.0. The van der Waals surface area contributed by atoms with E-state index in [9.17, 15) is 30.6 Å². The number of alkyl halides is 3. The summed E-state index contributed by atoms with van der Waals surface area (Å²) in [5, 5.41) is 4.35. The highest BCUT2D eigenvalue weighted by Crippen LogP contribution is 2.34. The third kappa shape index (κ3) is 3.96. The maximum atomic E-state index is 13.0. The van der Waals surface area contributed by atoms with Gasteiger partial charge < -0.3 is 0 Å². The topological polar surface area (TPSA) is 115 Å². The second-order valence-corrected chi connectivity index (χ2v) is 10.5. The number of anilines is 1. The predicted octanol–water partition coefficient (Wildman–Crippen LogP) is 2.01. The Kier molecular flexibility index (Phi) is 5.72. The van der Waals surface area contributed by atoms with Crippen LogP contribution in [0.2, 0.25) is 0 Å². The standard InChI is InChI=1S/C15H14F3N5O4S3/c1-4-30(26,27)12-10(19-9-7-8(29(3)25)5-6-23(9)12)11(24)22(2)14-21-20-13(28-14)15(16,17)18/h5-7H,4H2,1-3H3. The van der Waals surface area contributed by atoms with Gasteiger partial charge >= 0.3 is 6.18 Å². The highest BCUT2D eigenvalue weighted by atomic mass is 32.2. The molecule has 1 amide bonds. The van der Waals surface area contributed by atoms with Crippen molar-refractivity contribution in [1.82, 2.24) is 19.6 Å². The minimum atomic E-state index is -4.73. The SMILES string of the molecule is CCS(=O)(=O)c1c(C(=O)N(C)c2nnc(C(F)(F)F)s2)nc2cc(S(C)=O)ccn12. The first-order valence-corrected chi connectivity index (χ1v) is 12.2. The zero-order chi connectivity index (χ0) is 22.4. The largest absolute Gasteiger partial charge is 0.445 e. The Morgan fingerprint density at radius 1 is 1.33 bits per heavy atom. The monoisotopic (exact) mass is 481 g/mol. The number of sulfone groups is 1.